The zero-order chi connectivity index (χ0) is 20.4. The average molecular weight is 525 g/mol. The molecule has 0 bridgehead atoms. The molecule has 2 fully saturated rings. The zero-order valence-corrected chi connectivity index (χ0v) is 19.6. The van der Waals surface area contributed by atoms with E-state index in [1.165, 1.54) is 0 Å². The number of rotatable bonds is 4. The molecule has 0 saturated carbocycles. The van der Waals surface area contributed by atoms with Crippen LogP contribution < -0.4 is 16.0 Å². The molecule has 0 spiro atoms. The van der Waals surface area contributed by atoms with Crippen LogP contribution in [0.1, 0.15) is 25.5 Å². The maximum atomic E-state index is 12.2. The number of hydrogen-bond acceptors (Lipinski definition) is 4. The Morgan fingerprint density at radius 2 is 2.10 bits per heavy atom. The fourth-order valence-electron chi connectivity index (χ4n) is 4.26. The summed E-state index contributed by atoms with van der Waals surface area (Å²) >= 11 is 0. The summed E-state index contributed by atoms with van der Waals surface area (Å²) < 4.78 is 2.02. The van der Waals surface area contributed by atoms with Gasteiger partial charge in [0.25, 0.3) is 5.91 Å². The Balaban J connectivity index is 0.00000256. The van der Waals surface area contributed by atoms with E-state index in [1.54, 1.807) is 7.05 Å². The molecule has 4 rings (SSSR count). The number of aliphatic imine (C=N–C) groups is 1. The highest BCUT2D eigenvalue weighted by atomic mass is 127. The molecular formula is C20H28IN7O2. The van der Waals surface area contributed by atoms with Crippen molar-refractivity contribution in [3.63, 3.8) is 0 Å². The van der Waals surface area contributed by atoms with Crippen molar-refractivity contribution in [1.29, 1.82) is 0 Å². The molecule has 2 saturated heterocycles. The van der Waals surface area contributed by atoms with E-state index in [4.69, 9.17) is 0 Å². The second kappa shape index (κ2) is 9.19. The van der Waals surface area contributed by atoms with E-state index in [0.717, 1.165) is 56.2 Å². The van der Waals surface area contributed by atoms with Crippen LogP contribution in [0.25, 0.3) is 5.65 Å². The maximum Gasteiger partial charge on any atom is 0.322 e. The molecule has 1 unspecified atom stereocenters. The molecule has 2 aliphatic rings. The average Bonchev–Trinajstić information content (AvgIpc) is 3.25. The molecule has 30 heavy (non-hydrogen) atoms. The summed E-state index contributed by atoms with van der Waals surface area (Å²) in [5, 5.41) is 8.57. The number of aromatic nitrogens is 2. The second-order valence-corrected chi connectivity index (χ2v) is 7.79. The predicted octanol–water partition coefficient (Wildman–Crippen LogP) is 1.38. The van der Waals surface area contributed by atoms with Gasteiger partial charge in [0.15, 0.2) is 5.96 Å². The van der Waals surface area contributed by atoms with Crippen LogP contribution in [0.15, 0.2) is 35.6 Å². The molecule has 3 amide bonds. The highest BCUT2D eigenvalue weighted by Crippen LogP contribution is 2.30. The van der Waals surface area contributed by atoms with Gasteiger partial charge in [-0.05, 0) is 37.8 Å². The molecule has 10 heteroatoms. The van der Waals surface area contributed by atoms with E-state index in [-0.39, 0.29) is 35.8 Å². The first-order valence-electron chi connectivity index (χ1n) is 10.0. The van der Waals surface area contributed by atoms with Crippen LogP contribution in [0.2, 0.25) is 0 Å². The monoisotopic (exact) mass is 525 g/mol. The van der Waals surface area contributed by atoms with Gasteiger partial charge in [0.05, 0.1) is 5.69 Å². The molecule has 162 valence electrons. The lowest BCUT2D eigenvalue weighted by Crippen LogP contribution is -2.55. The third-order valence-corrected chi connectivity index (χ3v) is 5.97. The van der Waals surface area contributed by atoms with Crippen LogP contribution in [0, 0.1) is 5.92 Å². The standard InChI is InChI=1S/C20H27N7O2.HI/c1-20(17(28)24-19(29)25-20)14-7-11-26(12-8-14)18(21-2)22-9-6-15-13-27-10-4-3-5-16(27)23-15;/h3-5,10,13-14H,6-9,11-12H2,1-2H3,(H,21,22)(H2,24,25,28,29);1H. The van der Waals surface area contributed by atoms with E-state index < -0.39 is 11.6 Å². The van der Waals surface area contributed by atoms with E-state index in [0.29, 0.717) is 0 Å². The first kappa shape index (κ1) is 22.3. The summed E-state index contributed by atoms with van der Waals surface area (Å²) in [7, 11) is 1.78. The van der Waals surface area contributed by atoms with Crippen molar-refractivity contribution in [3.05, 3.63) is 36.3 Å². The Morgan fingerprint density at radius 3 is 2.73 bits per heavy atom. The molecule has 0 aliphatic carbocycles. The Bertz CT molecular complexity index is 919. The summed E-state index contributed by atoms with van der Waals surface area (Å²) in [5.41, 5.74) is 1.17. The third kappa shape index (κ3) is 4.37. The Hall–Kier alpha value is -2.37. The lowest BCUT2D eigenvalue weighted by molar-refractivity contribution is -0.125. The number of guanidine groups is 1. The summed E-state index contributed by atoms with van der Waals surface area (Å²) in [6, 6.07) is 5.57. The molecule has 1 atom stereocenters. The van der Waals surface area contributed by atoms with Gasteiger partial charge < -0.3 is 19.9 Å². The number of fused-ring (bicyclic) bond motifs is 1. The molecule has 4 heterocycles. The van der Waals surface area contributed by atoms with Crippen LogP contribution >= 0.6 is 24.0 Å². The Kier molecular flexibility index (Phi) is 6.84. The molecule has 0 radical (unpaired) electrons. The number of halogens is 1. The number of amides is 3. The quantitative estimate of drug-likeness (QED) is 0.242. The molecule has 2 aromatic rings. The van der Waals surface area contributed by atoms with E-state index >= 15 is 0 Å². The van der Waals surface area contributed by atoms with Crippen LogP contribution in [0.4, 0.5) is 4.79 Å². The van der Waals surface area contributed by atoms with Crippen molar-refractivity contribution in [3.8, 4) is 0 Å². The lowest BCUT2D eigenvalue weighted by Gasteiger charge is -2.39. The molecule has 3 N–H and O–H groups in total. The van der Waals surface area contributed by atoms with Gasteiger partial charge in [-0.1, -0.05) is 6.07 Å². The first-order valence-corrected chi connectivity index (χ1v) is 10.0. The van der Waals surface area contributed by atoms with Crippen molar-refractivity contribution < 1.29 is 9.59 Å². The number of pyridine rings is 1. The number of carbonyl (C=O) groups is 2. The minimum absolute atomic E-state index is 0. The number of carbonyl (C=O) groups excluding carboxylic acids is 2. The molecule has 9 nitrogen and oxygen atoms in total. The fraction of sp³-hybridized carbons (Fsp3) is 0.500. The van der Waals surface area contributed by atoms with Gasteiger partial charge in [-0.25, -0.2) is 9.78 Å². The summed E-state index contributed by atoms with van der Waals surface area (Å²) in [6.07, 6.45) is 6.49. The van der Waals surface area contributed by atoms with Crippen LogP contribution in [-0.2, 0) is 11.2 Å². The van der Waals surface area contributed by atoms with Crippen LogP contribution in [0.5, 0.6) is 0 Å². The maximum absolute atomic E-state index is 12.2. The van der Waals surface area contributed by atoms with Crippen molar-refractivity contribution in [2.24, 2.45) is 10.9 Å². The molecular weight excluding hydrogens is 497 g/mol. The number of imide groups is 1. The SMILES string of the molecule is CN=C(NCCc1cn2ccccc2n1)N1CCC(C2(C)NC(=O)NC2=O)CC1.I. The summed E-state index contributed by atoms with van der Waals surface area (Å²) in [6.45, 7) is 4.14. The zero-order valence-electron chi connectivity index (χ0n) is 17.2. The van der Waals surface area contributed by atoms with Gasteiger partial charge in [-0.15, -0.1) is 24.0 Å². The van der Waals surface area contributed by atoms with Gasteiger partial charge in [0.2, 0.25) is 0 Å². The highest BCUT2D eigenvalue weighted by Gasteiger charge is 2.48. The van der Waals surface area contributed by atoms with E-state index in [2.05, 4.69) is 30.8 Å². The lowest BCUT2D eigenvalue weighted by atomic mass is 9.79. The first-order chi connectivity index (χ1) is 14.0. The minimum Gasteiger partial charge on any atom is -0.356 e. The smallest absolute Gasteiger partial charge is 0.322 e. The number of piperidine rings is 1. The number of likely N-dealkylation sites (tertiary alicyclic amines) is 1. The molecule has 2 aromatic heterocycles. The van der Waals surface area contributed by atoms with Crippen LogP contribution in [0.3, 0.4) is 0 Å². The van der Waals surface area contributed by atoms with Gasteiger partial charge in [0.1, 0.15) is 11.2 Å². The minimum atomic E-state index is -0.816. The van der Waals surface area contributed by atoms with E-state index in [9.17, 15) is 9.59 Å². The summed E-state index contributed by atoms with van der Waals surface area (Å²) in [4.78, 5) is 34.9. The fourth-order valence-corrected chi connectivity index (χ4v) is 4.26. The number of imidazole rings is 1. The van der Waals surface area contributed by atoms with Gasteiger partial charge in [-0.2, -0.15) is 0 Å². The Labute approximate surface area is 192 Å². The third-order valence-electron chi connectivity index (χ3n) is 5.97. The molecule has 0 aromatic carbocycles. The van der Waals surface area contributed by atoms with E-state index in [1.807, 2.05) is 41.9 Å². The van der Waals surface area contributed by atoms with Crippen molar-refractivity contribution in [1.82, 2.24) is 30.2 Å². The summed E-state index contributed by atoms with van der Waals surface area (Å²) in [5.74, 6) is 0.745. The van der Waals surface area contributed by atoms with Crippen LogP contribution in [-0.4, -0.2) is 64.4 Å². The molecule has 2 aliphatic heterocycles. The van der Waals surface area contributed by atoms with Gasteiger partial charge in [0, 0.05) is 45.5 Å². The number of urea groups is 1. The van der Waals surface area contributed by atoms with Crippen molar-refractivity contribution in [2.45, 2.75) is 31.7 Å². The largest absolute Gasteiger partial charge is 0.356 e. The van der Waals surface area contributed by atoms with Gasteiger partial charge >= 0.3 is 6.03 Å². The normalized spacial score (nSPS) is 22.6. The Morgan fingerprint density at radius 1 is 1.33 bits per heavy atom. The van der Waals surface area contributed by atoms with Crippen molar-refractivity contribution >= 4 is 47.5 Å². The van der Waals surface area contributed by atoms with Gasteiger partial charge in [-0.3, -0.25) is 15.1 Å². The predicted molar refractivity (Wildman–Crippen MR) is 125 cm³/mol. The highest BCUT2D eigenvalue weighted by molar-refractivity contribution is 14.0. The number of hydrogen-bond donors (Lipinski definition) is 3. The number of nitrogens with zero attached hydrogens (tertiary/aromatic N) is 4. The second-order valence-electron chi connectivity index (χ2n) is 7.79. The topological polar surface area (TPSA) is 103 Å². The number of nitrogens with one attached hydrogen (secondary N) is 3. The van der Waals surface area contributed by atoms with Crippen molar-refractivity contribution in [2.75, 3.05) is 26.7 Å².